The van der Waals surface area contributed by atoms with E-state index < -0.39 is 32.0 Å². The topological polar surface area (TPSA) is 124 Å². The van der Waals surface area contributed by atoms with E-state index in [0.29, 0.717) is 25.9 Å². The van der Waals surface area contributed by atoms with Gasteiger partial charge in [0.05, 0.1) is 16.8 Å². The van der Waals surface area contributed by atoms with E-state index in [1.54, 1.807) is 0 Å². The summed E-state index contributed by atoms with van der Waals surface area (Å²) in [7, 11) is -7.24. The van der Waals surface area contributed by atoms with Crippen LogP contribution < -0.4 is 5.32 Å². The number of nitrogens with zero attached hydrogens (tertiary/aromatic N) is 2. The normalized spacial score (nSPS) is 22.2. The highest BCUT2D eigenvalue weighted by molar-refractivity contribution is 7.89. The minimum absolute atomic E-state index is 0.0242. The lowest BCUT2D eigenvalue weighted by Crippen LogP contribution is -2.42. The van der Waals surface area contributed by atoms with E-state index in [9.17, 15) is 26.7 Å². The summed E-state index contributed by atoms with van der Waals surface area (Å²) in [6.45, 7) is 1.14. The maximum absolute atomic E-state index is 12.7. The zero-order valence-electron chi connectivity index (χ0n) is 15.0. The summed E-state index contributed by atoms with van der Waals surface area (Å²) >= 11 is 0. The van der Waals surface area contributed by atoms with E-state index in [1.165, 1.54) is 22.5 Å². The lowest BCUT2D eigenvalue weighted by Gasteiger charge is -2.22. The molecule has 0 spiro atoms. The van der Waals surface area contributed by atoms with Crippen LogP contribution >= 0.6 is 0 Å². The maximum atomic E-state index is 12.7. The molecule has 1 atom stereocenters. The number of carbonyl (C=O) groups excluding carboxylic acids is 1. The molecule has 2 N–H and O–H groups in total. The Kier molecular flexibility index (Phi) is 5.48. The molecule has 9 nitrogen and oxygen atoms in total. The molecule has 3 rings (SSSR count). The molecular formula is C16H23N3O6S2. The van der Waals surface area contributed by atoms with Crippen molar-refractivity contribution in [2.45, 2.75) is 36.6 Å². The van der Waals surface area contributed by atoms with Crippen LogP contribution in [0.4, 0.5) is 5.69 Å². The lowest BCUT2D eigenvalue weighted by atomic mass is 10.2. The third-order valence-corrected chi connectivity index (χ3v) is 8.04. The first-order chi connectivity index (χ1) is 12.6. The Balaban J connectivity index is 1.84. The number of rotatable bonds is 5. The number of benzene rings is 1. The highest BCUT2D eigenvalue weighted by Gasteiger charge is 2.37. The van der Waals surface area contributed by atoms with Gasteiger partial charge in [-0.3, -0.25) is 4.79 Å². The van der Waals surface area contributed by atoms with Gasteiger partial charge in [-0.15, -0.1) is 0 Å². The van der Waals surface area contributed by atoms with Gasteiger partial charge in [-0.1, -0.05) is 0 Å². The molecule has 1 aromatic rings. The van der Waals surface area contributed by atoms with E-state index in [-0.39, 0.29) is 22.9 Å². The molecule has 2 heterocycles. The van der Waals surface area contributed by atoms with Crippen LogP contribution in [0.5, 0.6) is 5.75 Å². The van der Waals surface area contributed by atoms with Gasteiger partial charge in [-0.05, 0) is 43.9 Å². The molecule has 1 aromatic carbocycles. The van der Waals surface area contributed by atoms with Crippen LogP contribution in [-0.2, 0) is 24.8 Å². The molecule has 2 saturated heterocycles. The van der Waals surface area contributed by atoms with E-state index in [1.807, 2.05) is 0 Å². The first-order valence-electron chi connectivity index (χ1n) is 8.71. The summed E-state index contributed by atoms with van der Waals surface area (Å²) in [6, 6.07) is 2.83. The summed E-state index contributed by atoms with van der Waals surface area (Å²) in [5.41, 5.74) is -0.0550. The number of anilines is 1. The van der Waals surface area contributed by atoms with Gasteiger partial charge in [0.25, 0.3) is 0 Å². The van der Waals surface area contributed by atoms with Crippen molar-refractivity contribution < 1.29 is 26.7 Å². The molecule has 11 heteroatoms. The molecule has 2 aliphatic rings. The number of nitrogens with one attached hydrogen (secondary N) is 1. The maximum Gasteiger partial charge on any atom is 0.243 e. The van der Waals surface area contributed by atoms with Crippen molar-refractivity contribution in [2.24, 2.45) is 0 Å². The van der Waals surface area contributed by atoms with Crippen LogP contribution in [0.15, 0.2) is 23.1 Å². The Hall–Kier alpha value is -1.69. The number of hydrogen-bond donors (Lipinski definition) is 2. The van der Waals surface area contributed by atoms with Crippen LogP contribution in [-0.4, -0.2) is 68.4 Å². The largest absolute Gasteiger partial charge is 0.506 e. The summed E-state index contributed by atoms with van der Waals surface area (Å²) in [6.07, 6.45) is 3.55. The molecular weight excluding hydrogens is 394 g/mol. The average Bonchev–Trinajstić information content (AvgIpc) is 3.28. The van der Waals surface area contributed by atoms with Crippen molar-refractivity contribution in [1.29, 1.82) is 0 Å². The van der Waals surface area contributed by atoms with E-state index in [0.717, 1.165) is 23.4 Å². The van der Waals surface area contributed by atoms with E-state index in [4.69, 9.17) is 0 Å². The van der Waals surface area contributed by atoms with Crippen LogP contribution in [0.1, 0.15) is 25.7 Å². The van der Waals surface area contributed by atoms with E-state index >= 15 is 0 Å². The molecule has 0 aromatic heterocycles. The van der Waals surface area contributed by atoms with Gasteiger partial charge in [-0.2, -0.15) is 8.61 Å². The number of sulfonamides is 2. The highest BCUT2D eigenvalue weighted by Crippen LogP contribution is 2.30. The standard InChI is InChI=1S/C16H23N3O6S2/c1-26(22,23)19-10-4-5-14(19)16(21)17-13-11-12(6-7-15(13)20)27(24,25)18-8-2-3-9-18/h6-7,11,14,20H,2-5,8-10H2,1H3,(H,17,21)/t14-/m1/s1. The summed E-state index contributed by atoms with van der Waals surface area (Å²) < 4.78 is 51.4. The minimum Gasteiger partial charge on any atom is -0.506 e. The van der Waals surface area contributed by atoms with Gasteiger partial charge >= 0.3 is 0 Å². The predicted molar refractivity (Wildman–Crippen MR) is 99.3 cm³/mol. The Morgan fingerprint density at radius 3 is 2.41 bits per heavy atom. The molecule has 0 bridgehead atoms. The first-order valence-corrected chi connectivity index (χ1v) is 12.0. The molecule has 2 fully saturated rings. The minimum atomic E-state index is -3.70. The fraction of sp³-hybridized carbons (Fsp3) is 0.562. The van der Waals surface area contributed by atoms with Crippen molar-refractivity contribution in [3.63, 3.8) is 0 Å². The molecule has 0 unspecified atom stereocenters. The zero-order chi connectivity index (χ0) is 19.8. The zero-order valence-corrected chi connectivity index (χ0v) is 16.6. The van der Waals surface area contributed by atoms with Crippen molar-refractivity contribution in [3.05, 3.63) is 18.2 Å². The monoisotopic (exact) mass is 417 g/mol. The molecule has 27 heavy (non-hydrogen) atoms. The van der Waals surface area contributed by atoms with Crippen molar-refractivity contribution in [2.75, 3.05) is 31.2 Å². The molecule has 150 valence electrons. The van der Waals surface area contributed by atoms with Gasteiger partial charge < -0.3 is 10.4 Å². The molecule has 0 saturated carbocycles. The quantitative estimate of drug-likeness (QED) is 0.674. The number of amides is 1. The SMILES string of the molecule is CS(=O)(=O)N1CCC[C@@H]1C(=O)Nc1cc(S(=O)(=O)N2CCCC2)ccc1O. The number of phenols is 1. The third kappa shape index (κ3) is 4.10. The fourth-order valence-electron chi connectivity index (χ4n) is 3.47. The van der Waals surface area contributed by atoms with Crippen molar-refractivity contribution in [3.8, 4) is 5.75 Å². The van der Waals surface area contributed by atoms with Gasteiger partial charge in [0, 0.05) is 19.6 Å². The Morgan fingerprint density at radius 1 is 1.11 bits per heavy atom. The number of carbonyl (C=O) groups is 1. The number of phenolic OH excluding ortho intramolecular Hbond substituents is 1. The summed E-state index contributed by atoms with van der Waals surface area (Å²) in [5, 5.41) is 12.5. The Labute approximate surface area is 159 Å². The number of aromatic hydroxyl groups is 1. The van der Waals surface area contributed by atoms with Crippen molar-refractivity contribution >= 4 is 31.6 Å². The third-order valence-electron chi connectivity index (χ3n) is 4.86. The van der Waals surface area contributed by atoms with E-state index in [2.05, 4.69) is 5.32 Å². The molecule has 2 aliphatic heterocycles. The van der Waals surface area contributed by atoms with Crippen LogP contribution in [0.2, 0.25) is 0 Å². The number of hydrogen-bond acceptors (Lipinski definition) is 6. The molecule has 1 amide bonds. The molecule has 0 aliphatic carbocycles. The van der Waals surface area contributed by atoms with Gasteiger partial charge in [-0.25, -0.2) is 16.8 Å². The second-order valence-corrected chi connectivity index (χ2v) is 10.7. The first kappa shape index (κ1) is 20.1. The fourth-order valence-corrected chi connectivity index (χ4v) is 6.14. The second-order valence-electron chi connectivity index (χ2n) is 6.81. The Morgan fingerprint density at radius 2 is 1.78 bits per heavy atom. The lowest BCUT2D eigenvalue weighted by molar-refractivity contribution is -0.119. The summed E-state index contributed by atoms with van der Waals surface area (Å²) in [4.78, 5) is 12.5. The van der Waals surface area contributed by atoms with Crippen LogP contribution in [0.25, 0.3) is 0 Å². The Bertz CT molecular complexity index is 939. The van der Waals surface area contributed by atoms with Gasteiger partial charge in [0.2, 0.25) is 26.0 Å². The second kappa shape index (κ2) is 7.38. The average molecular weight is 418 g/mol. The van der Waals surface area contributed by atoms with Crippen LogP contribution in [0.3, 0.4) is 0 Å². The van der Waals surface area contributed by atoms with Crippen LogP contribution in [0, 0.1) is 0 Å². The highest BCUT2D eigenvalue weighted by atomic mass is 32.2. The smallest absolute Gasteiger partial charge is 0.243 e. The summed E-state index contributed by atoms with van der Waals surface area (Å²) in [5.74, 6) is -0.878. The van der Waals surface area contributed by atoms with Crippen molar-refractivity contribution in [1.82, 2.24) is 8.61 Å². The van der Waals surface area contributed by atoms with Gasteiger partial charge in [0.15, 0.2) is 0 Å². The van der Waals surface area contributed by atoms with Gasteiger partial charge in [0.1, 0.15) is 11.8 Å². The molecule has 0 radical (unpaired) electrons. The predicted octanol–water partition coefficient (Wildman–Crippen LogP) is 0.539.